The Bertz CT molecular complexity index is 606. The van der Waals surface area contributed by atoms with Crippen molar-refractivity contribution < 1.29 is 4.42 Å². The van der Waals surface area contributed by atoms with Crippen molar-refractivity contribution in [2.45, 2.75) is 13.0 Å². The first kappa shape index (κ1) is 9.81. The van der Waals surface area contributed by atoms with Gasteiger partial charge in [-0.25, -0.2) is 4.79 Å². The van der Waals surface area contributed by atoms with Crippen LogP contribution in [0.4, 0.5) is 0 Å². The van der Waals surface area contributed by atoms with Gasteiger partial charge in [0.15, 0.2) is 5.58 Å². The van der Waals surface area contributed by atoms with Crippen molar-refractivity contribution in [3.63, 3.8) is 0 Å². The first-order valence-corrected chi connectivity index (χ1v) is 4.71. The Labute approximate surface area is 90.3 Å². The number of hydrogen-bond donors (Lipinski definition) is 0. The van der Waals surface area contributed by atoms with Crippen LogP contribution in [-0.2, 0) is 0 Å². The normalized spacial score (nSPS) is 12.6. The van der Waals surface area contributed by atoms with Crippen LogP contribution in [0.1, 0.15) is 13.0 Å². The van der Waals surface area contributed by atoms with Crippen LogP contribution in [0.15, 0.2) is 27.4 Å². The summed E-state index contributed by atoms with van der Waals surface area (Å²) in [5.41, 5.74) is 0.980. The Balaban J connectivity index is 2.83. The molecule has 0 bridgehead atoms. The van der Waals surface area contributed by atoms with Crippen LogP contribution < -0.4 is 5.76 Å². The lowest BCUT2D eigenvalue weighted by Gasteiger charge is -2.02. The first-order chi connectivity index (χ1) is 7.13. The standard InChI is InChI=1S/C10H7ClN2O2/c1-6(5-12)13-8-4-7(11)2-3-9(8)15-10(13)14/h2-4,6H,1H3. The highest BCUT2D eigenvalue weighted by molar-refractivity contribution is 6.31. The summed E-state index contributed by atoms with van der Waals surface area (Å²) >= 11 is 5.81. The van der Waals surface area contributed by atoms with Crippen LogP contribution in [0.2, 0.25) is 5.02 Å². The lowest BCUT2D eigenvalue weighted by atomic mass is 10.3. The van der Waals surface area contributed by atoms with Gasteiger partial charge in [-0.3, -0.25) is 4.57 Å². The van der Waals surface area contributed by atoms with E-state index in [-0.39, 0.29) is 0 Å². The van der Waals surface area contributed by atoms with Crippen molar-refractivity contribution in [1.29, 1.82) is 5.26 Å². The van der Waals surface area contributed by atoms with E-state index in [0.717, 1.165) is 0 Å². The van der Waals surface area contributed by atoms with Crippen molar-refractivity contribution in [1.82, 2.24) is 4.57 Å². The summed E-state index contributed by atoms with van der Waals surface area (Å²) in [7, 11) is 0. The third-order valence-corrected chi connectivity index (χ3v) is 2.38. The number of hydrogen-bond acceptors (Lipinski definition) is 3. The van der Waals surface area contributed by atoms with E-state index in [0.29, 0.717) is 16.1 Å². The molecule has 76 valence electrons. The van der Waals surface area contributed by atoms with Gasteiger partial charge in [0, 0.05) is 5.02 Å². The van der Waals surface area contributed by atoms with Crippen molar-refractivity contribution in [3.05, 3.63) is 33.8 Å². The highest BCUT2D eigenvalue weighted by Crippen LogP contribution is 2.20. The van der Waals surface area contributed by atoms with Crippen LogP contribution in [0.3, 0.4) is 0 Å². The zero-order chi connectivity index (χ0) is 11.0. The highest BCUT2D eigenvalue weighted by Gasteiger charge is 2.14. The Morgan fingerprint density at radius 3 is 3.00 bits per heavy atom. The zero-order valence-corrected chi connectivity index (χ0v) is 8.65. The van der Waals surface area contributed by atoms with E-state index >= 15 is 0 Å². The minimum Gasteiger partial charge on any atom is -0.408 e. The van der Waals surface area contributed by atoms with Crippen LogP contribution in [0.5, 0.6) is 0 Å². The first-order valence-electron chi connectivity index (χ1n) is 4.33. The SMILES string of the molecule is CC(C#N)n1c(=O)oc2ccc(Cl)cc21. The van der Waals surface area contributed by atoms with Gasteiger partial charge >= 0.3 is 5.76 Å². The second kappa shape index (κ2) is 3.44. The van der Waals surface area contributed by atoms with E-state index in [1.807, 2.05) is 6.07 Å². The van der Waals surface area contributed by atoms with Crippen molar-refractivity contribution in [2.75, 3.05) is 0 Å². The van der Waals surface area contributed by atoms with E-state index in [2.05, 4.69) is 0 Å². The number of halogens is 1. The minimum absolute atomic E-state index is 0.437. The fourth-order valence-corrected chi connectivity index (χ4v) is 1.60. The van der Waals surface area contributed by atoms with Crippen molar-refractivity contribution in [3.8, 4) is 6.07 Å². The monoisotopic (exact) mass is 222 g/mol. The average molecular weight is 223 g/mol. The average Bonchev–Trinajstić information content (AvgIpc) is 2.52. The number of rotatable bonds is 1. The molecular weight excluding hydrogens is 216 g/mol. The van der Waals surface area contributed by atoms with Crippen LogP contribution in [-0.4, -0.2) is 4.57 Å². The van der Waals surface area contributed by atoms with Gasteiger partial charge in [0.25, 0.3) is 0 Å². The van der Waals surface area contributed by atoms with Crippen LogP contribution in [0, 0.1) is 11.3 Å². The Morgan fingerprint density at radius 1 is 1.60 bits per heavy atom. The molecule has 0 saturated heterocycles. The molecule has 5 heteroatoms. The third kappa shape index (κ3) is 1.51. The number of nitriles is 1. The molecule has 1 heterocycles. The molecule has 0 spiro atoms. The summed E-state index contributed by atoms with van der Waals surface area (Å²) in [5.74, 6) is -0.540. The molecule has 0 saturated carbocycles. The van der Waals surface area contributed by atoms with Gasteiger partial charge in [0.2, 0.25) is 0 Å². The van der Waals surface area contributed by atoms with E-state index in [1.54, 1.807) is 25.1 Å². The van der Waals surface area contributed by atoms with Crippen LogP contribution >= 0.6 is 11.6 Å². The number of oxazole rings is 1. The van der Waals surface area contributed by atoms with Gasteiger partial charge < -0.3 is 4.42 Å². The lowest BCUT2D eigenvalue weighted by molar-refractivity contribution is 0.497. The molecule has 0 radical (unpaired) electrons. The lowest BCUT2D eigenvalue weighted by Crippen LogP contribution is -2.16. The summed E-state index contributed by atoms with van der Waals surface area (Å²) in [6.45, 7) is 1.62. The molecule has 0 aliphatic carbocycles. The molecule has 1 atom stereocenters. The smallest absolute Gasteiger partial charge is 0.408 e. The zero-order valence-electron chi connectivity index (χ0n) is 7.90. The number of nitrogens with zero attached hydrogens (tertiary/aromatic N) is 2. The van der Waals surface area contributed by atoms with Gasteiger partial charge in [0.1, 0.15) is 6.04 Å². The highest BCUT2D eigenvalue weighted by atomic mass is 35.5. The molecule has 15 heavy (non-hydrogen) atoms. The van der Waals surface area contributed by atoms with E-state index in [9.17, 15) is 4.79 Å². The van der Waals surface area contributed by atoms with Gasteiger partial charge in [-0.2, -0.15) is 5.26 Å². The Morgan fingerprint density at radius 2 is 2.33 bits per heavy atom. The van der Waals surface area contributed by atoms with E-state index < -0.39 is 11.8 Å². The number of aromatic nitrogens is 1. The molecule has 1 aromatic carbocycles. The summed E-state index contributed by atoms with van der Waals surface area (Å²) < 4.78 is 6.25. The van der Waals surface area contributed by atoms with Crippen LogP contribution in [0.25, 0.3) is 11.1 Å². The number of benzene rings is 1. The molecule has 1 unspecified atom stereocenters. The van der Waals surface area contributed by atoms with Crippen molar-refractivity contribution in [2.24, 2.45) is 0 Å². The predicted molar refractivity (Wildman–Crippen MR) is 55.8 cm³/mol. The second-order valence-electron chi connectivity index (χ2n) is 3.16. The van der Waals surface area contributed by atoms with Gasteiger partial charge in [-0.1, -0.05) is 11.6 Å². The summed E-state index contributed by atoms with van der Waals surface area (Å²) in [5, 5.41) is 9.28. The largest absolute Gasteiger partial charge is 0.421 e. The molecule has 0 aliphatic heterocycles. The third-order valence-electron chi connectivity index (χ3n) is 2.15. The fourth-order valence-electron chi connectivity index (χ4n) is 1.43. The molecule has 2 aromatic rings. The van der Waals surface area contributed by atoms with Gasteiger partial charge in [-0.15, -0.1) is 0 Å². The molecule has 1 aromatic heterocycles. The number of fused-ring (bicyclic) bond motifs is 1. The molecule has 0 N–H and O–H groups in total. The molecule has 2 rings (SSSR count). The quantitative estimate of drug-likeness (QED) is 0.744. The molecule has 4 nitrogen and oxygen atoms in total. The second-order valence-corrected chi connectivity index (χ2v) is 3.59. The predicted octanol–water partition coefficient (Wildman–Crippen LogP) is 2.33. The van der Waals surface area contributed by atoms with Crippen molar-refractivity contribution >= 4 is 22.7 Å². The molecule has 0 fully saturated rings. The van der Waals surface area contributed by atoms with E-state index in [1.165, 1.54) is 4.57 Å². The minimum atomic E-state index is -0.572. The fraction of sp³-hybridized carbons (Fsp3) is 0.200. The molecule has 0 aliphatic rings. The summed E-state index contributed by atoms with van der Waals surface area (Å²) in [4.78, 5) is 11.5. The van der Waals surface area contributed by atoms with Gasteiger partial charge in [-0.05, 0) is 25.1 Å². The summed E-state index contributed by atoms with van der Waals surface area (Å²) in [6.07, 6.45) is 0. The Kier molecular flexibility index (Phi) is 2.25. The maximum absolute atomic E-state index is 11.5. The van der Waals surface area contributed by atoms with E-state index in [4.69, 9.17) is 21.3 Å². The molecular formula is C10H7ClN2O2. The maximum Gasteiger partial charge on any atom is 0.421 e. The topological polar surface area (TPSA) is 58.9 Å². The molecule has 0 amide bonds. The summed E-state index contributed by atoms with van der Waals surface area (Å²) in [6, 6.07) is 6.26. The Hall–Kier alpha value is -1.73. The maximum atomic E-state index is 11.5. The van der Waals surface area contributed by atoms with Gasteiger partial charge in [0.05, 0.1) is 11.6 Å².